The maximum atomic E-state index is 13.6. The summed E-state index contributed by atoms with van der Waals surface area (Å²) >= 11 is 0. The molecule has 0 bridgehead atoms. The molecule has 2 amide bonds. The van der Waals surface area contributed by atoms with Gasteiger partial charge in [-0.05, 0) is 35.7 Å². The van der Waals surface area contributed by atoms with Crippen molar-refractivity contribution in [1.29, 1.82) is 0 Å². The Morgan fingerprint density at radius 3 is 2.92 bits per heavy atom. The number of hydrogen-bond acceptors (Lipinski definition) is 3. The fourth-order valence-electron chi connectivity index (χ4n) is 3.28. The van der Waals surface area contributed by atoms with Gasteiger partial charge in [-0.3, -0.25) is 14.6 Å². The van der Waals surface area contributed by atoms with E-state index in [1.165, 1.54) is 12.1 Å². The molecule has 25 heavy (non-hydrogen) atoms. The lowest BCUT2D eigenvalue weighted by Crippen LogP contribution is -2.46. The van der Waals surface area contributed by atoms with Crippen LogP contribution in [-0.4, -0.2) is 28.7 Å². The van der Waals surface area contributed by atoms with E-state index >= 15 is 0 Å². The molecule has 1 saturated heterocycles. The van der Waals surface area contributed by atoms with Gasteiger partial charge in [0.05, 0.1) is 12.0 Å². The van der Waals surface area contributed by atoms with E-state index < -0.39 is 12.0 Å². The van der Waals surface area contributed by atoms with Gasteiger partial charge >= 0.3 is 0 Å². The number of likely N-dealkylation sites (tertiary alicyclic amines) is 1. The monoisotopic (exact) mass is 341 g/mol. The second kappa shape index (κ2) is 7.42. The van der Waals surface area contributed by atoms with Crippen molar-refractivity contribution in [1.82, 2.24) is 15.2 Å². The Balaban J connectivity index is 1.79. The molecule has 1 aliphatic heterocycles. The lowest BCUT2D eigenvalue weighted by Gasteiger charge is -2.38. The lowest BCUT2D eigenvalue weighted by molar-refractivity contribution is -0.141. The van der Waals surface area contributed by atoms with Crippen LogP contribution in [0, 0.1) is 11.7 Å². The number of carbonyl (C=O) groups is 2. The molecule has 1 aromatic carbocycles. The predicted octanol–water partition coefficient (Wildman–Crippen LogP) is 2.45. The van der Waals surface area contributed by atoms with Crippen molar-refractivity contribution in [3.8, 4) is 0 Å². The molecule has 0 aliphatic carbocycles. The Labute approximate surface area is 145 Å². The molecule has 6 heteroatoms. The van der Waals surface area contributed by atoms with Crippen LogP contribution in [0.2, 0.25) is 0 Å². The molecule has 3 rings (SSSR count). The molecule has 130 valence electrons. The number of hydrogen-bond donors (Lipinski definition) is 1. The summed E-state index contributed by atoms with van der Waals surface area (Å²) in [5.74, 6) is -0.970. The first-order chi connectivity index (χ1) is 12.1. The van der Waals surface area contributed by atoms with Crippen molar-refractivity contribution >= 4 is 11.8 Å². The maximum absolute atomic E-state index is 13.6. The number of nitrogens with one attached hydrogen (secondary N) is 1. The highest BCUT2D eigenvalue weighted by molar-refractivity contribution is 5.84. The highest BCUT2D eigenvalue weighted by Gasteiger charge is 2.38. The van der Waals surface area contributed by atoms with Crippen molar-refractivity contribution in [2.45, 2.75) is 25.4 Å². The molecular formula is C19H20FN3O2. The average Bonchev–Trinajstić information content (AvgIpc) is 2.62. The fraction of sp³-hybridized carbons (Fsp3) is 0.316. The summed E-state index contributed by atoms with van der Waals surface area (Å²) in [6, 6.07) is 9.32. The molecule has 5 nitrogen and oxygen atoms in total. The van der Waals surface area contributed by atoms with Gasteiger partial charge in [-0.1, -0.05) is 18.2 Å². The van der Waals surface area contributed by atoms with E-state index in [2.05, 4.69) is 10.3 Å². The second-order valence-corrected chi connectivity index (χ2v) is 6.23. The van der Waals surface area contributed by atoms with E-state index in [0.29, 0.717) is 24.9 Å². The summed E-state index contributed by atoms with van der Waals surface area (Å²) in [7, 11) is 1.67. The van der Waals surface area contributed by atoms with Gasteiger partial charge in [0.25, 0.3) is 0 Å². The Kier molecular flexibility index (Phi) is 5.07. The van der Waals surface area contributed by atoms with Gasteiger partial charge in [0.2, 0.25) is 11.8 Å². The first-order valence-electron chi connectivity index (χ1n) is 8.24. The Bertz CT molecular complexity index is 766. The molecule has 1 aromatic heterocycles. The zero-order valence-corrected chi connectivity index (χ0v) is 14.0. The van der Waals surface area contributed by atoms with Crippen molar-refractivity contribution in [2.75, 3.05) is 7.05 Å². The molecule has 0 spiro atoms. The van der Waals surface area contributed by atoms with Gasteiger partial charge in [0.1, 0.15) is 5.82 Å². The van der Waals surface area contributed by atoms with Gasteiger partial charge in [-0.2, -0.15) is 0 Å². The van der Waals surface area contributed by atoms with Crippen molar-refractivity contribution in [3.63, 3.8) is 0 Å². The predicted molar refractivity (Wildman–Crippen MR) is 90.7 cm³/mol. The van der Waals surface area contributed by atoms with Gasteiger partial charge in [-0.15, -0.1) is 0 Å². The minimum absolute atomic E-state index is 0.0365. The molecule has 2 aromatic rings. The van der Waals surface area contributed by atoms with Crippen LogP contribution in [0.4, 0.5) is 4.39 Å². The topological polar surface area (TPSA) is 62.3 Å². The SMILES string of the molecule is CN1C(=O)CC[C@H](C(=O)NCc2cccnc2)[C@@H]1c1cccc(F)c1. The van der Waals surface area contributed by atoms with E-state index in [9.17, 15) is 14.0 Å². The quantitative estimate of drug-likeness (QED) is 0.929. The highest BCUT2D eigenvalue weighted by atomic mass is 19.1. The van der Waals surface area contributed by atoms with Crippen LogP contribution < -0.4 is 5.32 Å². The van der Waals surface area contributed by atoms with Crippen LogP contribution in [0.25, 0.3) is 0 Å². The standard InChI is InChI=1S/C19H20FN3O2/c1-23-17(24)8-7-16(18(23)14-5-2-6-15(20)10-14)19(25)22-12-13-4-3-9-21-11-13/h2-6,9-11,16,18H,7-8,12H2,1H3,(H,22,25)/t16-,18-/m0/s1. The Hall–Kier alpha value is -2.76. The third-order valence-electron chi connectivity index (χ3n) is 4.58. The number of rotatable bonds is 4. The van der Waals surface area contributed by atoms with Crippen LogP contribution in [0.15, 0.2) is 48.8 Å². The van der Waals surface area contributed by atoms with Gasteiger partial charge in [0.15, 0.2) is 0 Å². The highest BCUT2D eigenvalue weighted by Crippen LogP contribution is 2.36. The van der Waals surface area contributed by atoms with Crippen LogP contribution in [0.3, 0.4) is 0 Å². The summed E-state index contributed by atoms with van der Waals surface area (Å²) < 4.78 is 13.6. The van der Waals surface area contributed by atoms with E-state index in [1.54, 1.807) is 36.5 Å². The molecule has 2 heterocycles. The van der Waals surface area contributed by atoms with Crippen LogP contribution in [0.1, 0.15) is 30.0 Å². The fourth-order valence-corrected chi connectivity index (χ4v) is 3.28. The normalized spacial score (nSPS) is 20.4. The molecule has 0 saturated carbocycles. The molecular weight excluding hydrogens is 321 g/mol. The molecule has 2 atom stereocenters. The number of nitrogens with zero attached hydrogens (tertiary/aromatic N) is 2. The first-order valence-corrected chi connectivity index (χ1v) is 8.24. The number of amides is 2. The number of pyridine rings is 1. The van der Waals surface area contributed by atoms with Crippen LogP contribution in [-0.2, 0) is 16.1 Å². The summed E-state index contributed by atoms with van der Waals surface area (Å²) in [4.78, 5) is 30.4. The van der Waals surface area contributed by atoms with Crippen molar-refractivity contribution in [2.24, 2.45) is 5.92 Å². The van der Waals surface area contributed by atoms with Gasteiger partial charge in [0, 0.05) is 32.4 Å². The van der Waals surface area contributed by atoms with E-state index in [4.69, 9.17) is 0 Å². The summed E-state index contributed by atoms with van der Waals surface area (Å²) in [6.45, 7) is 0.372. The van der Waals surface area contributed by atoms with Crippen molar-refractivity contribution in [3.05, 3.63) is 65.7 Å². The molecule has 1 fully saturated rings. The first kappa shape index (κ1) is 17.1. The molecule has 1 aliphatic rings. The number of piperidine rings is 1. The largest absolute Gasteiger partial charge is 0.352 e. The summed E-state index contributed by atoms with van der Waals surface area (Å²) in [5.41, 5.74) is 1.54. The van der Waals surface area contributed by atoms with E-state index in [-0.39, 0.29) is 17.6 Å². The third kappa shape index (κ3) is 3.84. The second-order valence-electron chi connectivity index (χ2n) is 6.23. The van der Waals surface area contributed by atoms with E-state index in [0.717, 1.165) is 5.56 Å². The number of aromatic nitrogens is 1. The molecule has 0 radical (unpaired) electrons. The smallest absolute Gasteiger partial charge is 0.225 e. The number of carbonyl (C=O) groups excluding carboxylic acids is 2. The summed E-state index contributed by atoms with van der Waals surface area (Å²) in [6.07, 6.45) is 4.13. The zero-order valence-electron chi connectivity index (χ0n) is 14.0. The van der Waals surface area contributed by atoms with Crippen LogP contribution in [0.5, 0.6) is 0 Å². The van der Waals surface area contributed by atoms with Gasteiger partial charge in [-0.25, -0.2) is 4.39 Å². The zero-order chi connectivity index (χ0) is 17.8. The Morgan fingerprint density at radius 1 is 1.36 bits per heavy atom. The minimum Gasteiger partial charge on any atom is -0.352 e. The van der Waals surface area contributed by atoms with Crippen molar-refractivity contribution < 1.29 is 14.0 Å². The average molecular weight is 341 g/mol. The number of benzene rings is 1. The molecule has 1 N–H and O–H groups in total. The summed E-state index contributed by atoms with van der Waals surface area (Å²) in [5, 5.41) is 2.91. The Morgan fingerprint density at radius 2 is 2.20 bits per heavy atom. The van der Waals surface area contributed by atoms with Gasteiger partial charge < -0.3 is 10.2 Å². The third-order valence-corrected chi connectivity index (χ3v) is 4.58. The number of halogens is 1. The van der Waals surface area contributed by atoms with Crippen LogP contribution >= 0.6 is 0 Å². The molecule has 0 unspecified atom stereocenters. The minimum atomic E-state index is -0.467. The maximum Gasteiger partial charge on any atom is 0.225 e. The van der Waals surface area contributed by atoms with E-state index in [1.807, 2.05) is 12.1 Å². The lowest BCUT2D eigenvalue weighted by atomic mass is 9.84.